The predicted octanol–water partition coefficient (Wildman–Crippen LogP) is 2.20. The third kappa shape index (κ3) is 3.31. The zero-order valence-electron chi connectivity index (χ0n) is 8.24. The number of nitrogens with one attached hydrogen (secondary N) is 1. The Kier molecular flexibility index (Phi) is 3.61. The number of halogens is 1. The highest BCUT2D eigenvalue weighted by Crippen LogP contribution is 2.26. The first-order valence-corrected chi connectivity index (χ1v) is 7.13. The van der Waals surface area contributed by atoms with Gasteiger partial charge in [0.1, 0.15) is 4.21 Å². The Morgan fingerprint density at radius 3 is 2.53 bits per heavy atom. The van der Waals surface area contributed by atoms with Crippen LogP contribution >= 0.6 is 27.3 Å². The van der Waals surface area contributed by atoms with E-state index in [4.69, 9.17) is 6.42 Å². The quantitative estimate of drug-likeness (QED) is 0.870. The van der Waals surface area contributed by atoms with Gasteiger partial charge in [-0.15, -0.1) is 17.8 Å². The number of sulfonamides is 1. The average molecular weight is 308 g/mol. The first-order chi connectivity index (χ1) is 6.77. The lowest BCUT2D eigenvalue weighted by Crippen LogP contribution is -2.41. The van der Waals surface area contributed by atoms with Gasteiger partial charge < -0.3 is 0 Å². The molecule has 0 amide bonds. The maximum atomic E-state index is 11.8. The van der Waals surface area contributed by atoms with E-state index in [1.54, 1.807) is 19.9 Å². The molecule has 0 fully saturated rings. The van der Waals surface area contributed by atoms with Gasteiger partial charge in [-0.1, -0.05) is 5.92 Å². The smallest absolute Gasteiger partial charge is 0.206 e. The predicted molar refractivity (Wildman–Crippen MR) is 65.3 cm³/mol. The molecule has 0 aliphatic rings. The third-order valence-electron chi connectivity index (χ3n) is 1.56. The molecule has 0 aromatic carbocycles. The lowest BCUT2D eigenvalue weighted by molar-refractivity contribution is 0.541. The fourth-order valence-corrected chi connectivity index (χ4v) is 4.21. The summed E-state index contributed by atoms with van der Waals surface area (Å²) >= 11 is 4.35. The van der Waals surface area contributed by atoms with Gasteiger partial charge >= 0.3 is 0 Å². The molecule has 0 unspecified atom stereocenters. The Morgan fingerprint density at radius 1 is 1.53 bits per heavy atom. The van der Waals surface area contributed by atoms with Gasteiger partial charge in [-0.2, -0.15) is 4.72 Å². The summed E-state index contributed by atoms with van der Waals surface area (Å²) in [5.74, 6) is 2.38. The molecule has 0 aliphatic carbocycles. The largest absolute Gasteiger partial charge is 0.251 e. The van der Waals surface area contributed by atoms with Gasteiger partial charge in [0.25, 0.3) is 10.0 Å². The molecule has 0 saturated heterocycles. The van der Waals surface area contributed by atoms with Crippen molar-refractivity contribution in [1.82, 2.24) is 4.72 Å². The minimum Gasteiger partial charge on any atom is -0.206 e. The molecule has 3 nitrogen and oxygen atoms in total. The molecular formula is C9H10BrNO2S2. The van der Waals surface area contributed by atoms with Gasteiger partial charge in [0, 0.05) is 0 Å². The first kappa shape index (κ1) is 12.7. The second-order valence-corrected chi connectivity index (χ2v) is 7.81. The van der Waals surface area contributed by atoms with Gasteiger partial charge in [-0.25, -0.2) is 8.42 Å². The molecule has 1 rings (SSSR count). The molecule has 0 radical (unpaired) electrons. The van der Waals surface area contributed by atoms with E-state index >= 15 is 0 Å². The summed E-state index contributed by atoms with van der Waals surface area (Å²) in [6.45, 7) is 3.26. The van der Waals surface area contributed by atoms with Crippen LogP contribution in [0.1, 0.15) is 13.8 Å². The van der Waals surface area contributed by atoms with Crippen LogP contribution in [0.25, 0.3) is 0 Å². The molecule has 15 heavy (non-hydrogen) atoms. The van der Waals surface area contributed by atoms with E-state index in [9.17, 15) is 8.42 Å². The number of hydrogen-bond acceptors (Lipinski definition) is 3. The van der Waals surface area contributed by atoms with E-state index < -0.39 is 15.6 Å². The second kappa shape index (κ2) is 4.26. The van der Waals surface area contributed by atoms with E-state index in [0.717, 1.165) is 15.1 Å². The Bertz CT molecular complexity index is 496. The number of thiophene rings is 1. The highest BCUT2D eigenvalue weighted by Gasteiger charge is 2.25. The van der Waals surface area contributed by atoms with Crippen molar-refractivity contribution in [2.75, 3.05) is 0 Å². The second-order valence-electron chi connectivity index (χ2n) is 3.43. The number of rotatable bonds is 3. The highest BCUT2D eigenvalue weighted by atomic mass is 79.9. The zero-order chi connectivity index (χ0) is 11.7. The molecule has 6 heteroatoms. The van der Waals surface area contributed by atoms with Gasteiger partial charge in [-0.3, -0.25) is 0 Å². The molecule has 0 atom stereocenters. The Hall–Kier alpha value is -0.350. The molecule has 82 valence electrons. The summed E-state index contributed by atoms with van der Waals surface area (Å²) in [6, 6.07) is 3.21. The Labute approximate surface area is 102 Å². The van der Waals surface area contributed by atoms with Crippen LogP contribution in [0.3, 0.4) is 0 Å². The molecule has 1 aromatic rings. The van der Waals surface area contributed by atoms with Crippen LogP contribution in [0.2, 0.25) is 0 Å². The summed E-state index contributed by atoms with van der Waals surface area (Å²) in [4.78, 5) is 0. The first-order valence-electron chi connectivity index (χ1n) is 4.04. The number of hydrogen-bond donors (Lipinski definition) is 1. The summed E-state index contributed by atoms with van der Waals surface area (Å²) in [7, 11) is -3.51. The molecule has 0 aliphatic heterocycles. The van der Waals surface area contributed by atoms with Crippen LogP contribution in [0.15, 0.2) is 20.1 Å². The average Bonchev–Trinajstić information content (AvgIpc) is 2.51. The lowest BCUT2D eigenvalue weighted by atomic mass is 10.1. The molecule has 0 bridgehead atoms. The summed E-state index contributed by atoms with van der Waals surface area (Å²) in [5, 5.41) is 0. The van der Waals surface area contributed by atoms with Crippen molar-refractivity contribution >= 4 is 37.3 Å². The maximum Gasteiger partial charge on any atom is 0.251 e. The van der Waals surface area contributed by atoms with Gasteiger partial charge in [0.05, 0.1) is 9.33 Å². The molecule has 0 spiro atoms. The summed E-state index contributed by atoms with van der Waals surface area (Å²) in [6.07, 6.45) is 5.21. The van der Waals surface area contributed by atoms with Crippen LogP contribution in [0, 0.1) is 12.3 Å². The normalized spacial score (nSPS) is 12.4. The van der Waals surface area contributed by atoms with Gasteiger partial charge in [0.2, 0.25) is 0 Å². The minimum atomic E-state index is -3.51. The van der Waals surface area contributed by atoms with Gasteiger partial charge in [-0.05, 0) is 41.9 Å². The third-order valence-corrected chi connectivity index (χ3v) is 5.34. The Morgan fingerprint density at radius 2 is 2.13 bits per heavy atom. The molecular weight excluding hydrogens is 298 g/mol. The zero-order valence-corrected chi connectivity index (χ0v) is 11.5. The van der Waals surface area contributed by atoms with Crippen molar-refractivity contribution in [2.45, 2.75) is 23.6 Å². The van der Waals surface area contributed by atoms with E-state index in [2.05, 4.69) is 26.6 Å². The van der Waals surface area contributed by atoms with Crippen molar-refractivity contribution in [3.8, 4) is 12.3 Å². The van der Waals surface area contributed by atoms with Crippen molar-refractivity contribution in [3.05, 3.63) is 15.9 Å². The van der Waals surface area contributed by atoms with Crippen molar-refractivity contribution in [1.29, 1.82) is 0 Å². The summed E-state index contributed by atoms with van der Waals surface area (Å²) < 4.78 is 27.1. The fourth-order valence-electron chi connectivity index (χ4n) is 0.858. The minimum absolute atomic E-state index is 0.248. The maximum absolute atomic E-state index is 11.8. The van der Waals surface area contributed by atoms with E-state index in [-0.39, 0.29) is 4.21 Å². The van der Waals surface area contributed by atoms with Crippen molar-refractivity contribution < 1.29 is 8.42 Å². The van der Waals surface area contributed by atoms with E-state index in [0.29, 0.717) is 0 Å². The van der Waals surface area contributed by atoms with E-state index in [1.165, 1.54) is 6.07 Å². The van der Waals surface area contributed by atoms with E-state index in [1.807, 2.05) is 0 Å². The Balaban J connectivity index is 3.01. The monoisotopic (exact) mass is 307 g/mol. The molecule has 0 saturated carbocycles. The van der Waals surface area contributed by atoms with Crippen LogP contribution in [0.4, 0.5) is 0 Å². The SMILES string of the molecule is C#CC(C)(C)NS(=O)(=O)c1ccc(Br)s1. The van der Waals surface area contributed by atoms with Crippen LogP contribution in [-0.2, 0) is 10.0 Å². The molecule has 1 aromatic heterocycles. The number of terminal acetylenes is 1. The standard InChI is InChI=1S/C9H10BrNO2S2/c1-4-9(2,3)11-15(12,13)8-6-5-7(10)14-8/h1,5-6,11H,2-3H3. The van der Waals surface area contributed by atoms with Crippen LogP contribution in [-0.4, -0.2) is 14.0 Å². The molecule has 1 heterocycles. The highest BCUT2D eigenvalue weighted by molar-refractivity contribution is 9.11. The van der Waals surface area contributed by atoms with Gasteiger partial charge in [0.15, 0.2) is 0 Å². The van der Waals surface area contributed by atoms with Crippen molar-refractivity contribution in [3.63, 3.8) is 0 Å². The van der Waals surface area contributed by atoms with Crippen molar-refractivity contribution in [2.24, 2.45) is 0 Å². The molecule has 1 N–H and O–H groups in total. The lowest BCUT2D eigenvalue weighted by Gasteiger charge is -2.18. The summed E-state index contributed by atoms with van der Waals surface area (Å²) in [5.41, 5.74) is -0.880. The van der Waals surface area contributed by atoms with Crippen LogP contribution in [0.5, 0.6) is 0 Å². The topological polar surface area (TPSA) is 46.2 Å². The fraction of sp³-hybridized carbons (Fsp3) is 0.333. The van der Waals surface area contributed by atoms with Crippen LogP contribution < -0.4 is 4.72 Å².